The summed E-state index contributed by atoms with van der Waals surface area (Å²) in [6.07, 6.45) is 6.94. The minimum Gasteiger partial charge on any atom is -0.305 e. The van der Waals surface area contributed by atoms with Gasteiger partial charge in [0.1, 0.15) is 0 Å². The van der Waals surface area contributed by atoms with Crippen molar-refractivity contribution in [1.29, 1.82) is 0 Å². The molecule has 0 saturated carbocycles. The lowest BCUT2D eigenvalue weighted by Gasteiger charge is -2.16. The van der Waals surface area contributed by atoms with Gasteiger partial charge in [0, 0.05) is 6.54 Å². The van der Waals surface area contributed by atoms with Gasteiger partial charge in [0.15, 0.2) is 0 Å². The molecule has 1 heterocycles. The molecular formula is C16H20ClNO2. The number of unbranched alkanes of at least 4 members (excludes halogenated alkanes) is 5. The Bertz CT molecular complexity index is 513. The summed E-state index contributed by atoms with van der Waals surface area (Å²) in [6, 6.07) is 5.22. The number of halogens is 1. The van der Waals surface area contributed by atoms with Crippen molar-refractivity contribution in [3.05, 3.63) is 28.8 Å². The molecule has 0 aliphatic carbocycles. The van der Waals surface area contributed by atoms with Gasteiger partial charge in [-0.3, -0.25) is 9.59 Å². The van der Waals surface area contributed by atoms with Crippen LogP contribution in [-0.2, 0) is 4.79 Å². The van der Waals surface area contributed by atoms with Crippen LogP contribution in [0.5, 0.6) is 0 Å². The summed E-state index contributed by atoms with van der Waals surface area (Å²) in [6.45, 7) is 2.79. The molecule has 4 heteroatoms. The lowest BCUT2D eigenvalue weighted by molar-refractivity contribution is -0.114. The van der Waals surface area contributed by atoms with E-state index in [9.17, 15) is 9.59 Å². The number of amides is 1. The van der Waals surface area contributed by atoms with E-state index in [1.807, 2.05) is 0 Å². The zero-order valence-corrected chi connectivity index (χ0v) is 12.6. The summed E-state index contributed by atoms with van der Waals surface area (Å²) < 4.78 is 0. The molecule has 0 atom stereocenters. The van der Waals surface area contributed by atoms with Crippen LogP contribution in [0.4, 0.5) is 5.69 Å². The van der Waals surface area contributed by atoms with Gasteiger partial charge < -0.3 is 4.90 Å². The first-order valence-electron chi connectivity index (χ1n) is 7.31. The summed E-state index contributed by atoms with van der Waals surface area (Å²) >= 11 is 6.01. The molecule has 0 fully saturated rings. The van der Waals surface area contributed by atoms with E-state index in [0.717, 1.165) is 12.8 Å². The fourth-order valence-corrected chi connectivity index (χ4v) is 2.83. The van der Waals surface area contributed by atoms with Gasteiger partial charge in [-0.25, -0.2) is 0 Å². The Kier molecular flexibility index (Phi) is 5.18. The van der Waals surface area contributed by atoms with Crippen molar-refractivity contribution >= 4 is 29.0 Å². The average Bonchev–Trinajstić information content (AvgIpc) is 2.68. The number of carbonyl (C=O) groups excluding carboxylic acids is 2. The Morgan fingerprint density at radius 1 is 1.05 bits per heavy atom. The SMILES string of the molecule is CCCCCCCCN1C(=O)C(=O)c2c(Cl)cccc21. The lowest BCUT2D eigenvalue weighted by Crippen LogP contribution is -2.30. The molecule has 0 saturated heterocycles. The normalized spacial score (nSPS) is 14.0. The average molecular weight is 294 g/mol. The van der Waals surface area contributed by atoms with E-state index in [4.69, 9.17) is 11.6 Å². The highest BCUT2D eigenvalue weighted by molar-refractivity contribution is 6.55. The topological polar surface area (TPSA) is 37.4 Å². The summed E-state index contributed by atoms with van der Waals surface area (Å²) in [7, 11) is 0. The van der Waals surface area contributed by atoms with Crippen LogP contribution in [0.1, 0.15) is 55.8 Å². The predicted molar refractivity (Wildman–Crippen MR) is 81.5 cm³/mol. The minimum absolute atomic E-state index is 0.366. The van der Waals surface area contributed by atoms with E-state index in [-0.39, 0.29) is 0 Å². The second-order valence-electron chi connectivity index (χ2n) is 5.19. The quantitative estimate of drug-likeness (QED) is 0.557. The molecule has 0 radical (unpaired) electrons. The Hall–Kier alpha value is -1.35. The van der Waals surface area contributed by atoms with Gasteiger partial charge in [-0.1, -0.05) is 56.7 Å². The van der Waals surface area contributed by atoms with Gasteiger partial charge in [-0.05, 0) is 18.6 Å². The molecule has 1 aliphatic heterocycles. The number of Topliss-reactive ketones (excluding diaryl/α,β-unsaturated/α-hetero) is 1. The van der Waals surface area contributed by atoms with E-state index in [0.29, 0.717) is 22.8 Å². The Morgan fingerprint density at radius 3 is 2.50 bits per heavy atom. The largest absolute Gasteiger partial charge is 0.305 e. The summed E-state index contributed by atoms with van der Waals surface area (Å²) in [4.78, 5) is 25.5. The lowest BCUT2D eigenvalue weighted by atomic mass is 10.1. The van der Waals surface area contributed by atoms with Crippen molar-refractivity contribution in [2.75, 3.05) is 11.4 Å². The molecule has 1 aliphatic rings. The number of rotatable bonds is 7. The number of ketones is 1. The molecule has 0 aromatic heterocycles. The second-order valence-corrected chi connectivity index (χ2v) is 5.59. The number of benzene rings is 1. The molecule has 1 aromatic rings. The van der Waals surface area contributed by atoms with Crippen LogP contribution in [0, 0.1) is 0 Å². The van der Waals surface area contributed by atoms with Crippen LogP contribution >= 0.6 is 11.6 Å². The Morgan fingerprint density at radius 2 is 1.75 bits per heavy atom. The van der Waals surface area contributed by atoms with Gasteiger partial charge in [0.2, 0.25) is 0 Å². The first-order valence-corrected chi connectivity index (χ1v) is 7.69. The van der Waals surface area contributed by atoms with E-state index in [1.54, 1.807) is 23.1 Å². The third-order valence-electron chi connectivity index (χ3n) is 3.68. The van der Waals surface area contributed by atoms with Crippen LogP contribution in [-0.4, -0.2) is 18.2 Å². The number of hydrogen-bond acceptors (Lipinski definition) is 2. The van der Waals surface area contributed by atoms with Crippen LogP contribution in [0.15, 0.2) is 18.2 Å². The van der Waals surface area contributed by atoms with Crippen molar-refractivity contribution in [1.82, 2.24) is 0 Å². The number of carbonyl (C=O) groups is 2. The molecular weight excluding hydrogens is 274 g/mol. The highest BCUT2D eigenvalue weighted by Crippen LogP contribution is 2.34. The molecule has 20 heavy (non-hydrogen) atoms. The molecule has 1 amide bonds. The first-order chi connectivity index (χ1) is 9.66. The zero-order chi connectivity index (χ0) is 14.5. The van der Waals surface area contributed by atoms with Crippen LogP contribution in [0.3, 0.4) is 0 Å². The second kappa shape index (κ2) is 6.89. The fraction of sp³-hybridized carbons (Fsp3) is 0.500. The third kappa shape index (κ3) is 3.04. The highest BCUT2D eigenvalue weighted by Gasteiger charge is 2.36. The molecule has 3 nitrogen and oxygen atoms in total. The van der Waals surface area contributed by atoms with E-state index < -0.39 is 11.7 Å². The van der Waals surface area contributed by atoms with Crippen molar-refractivity contribution < 1.29 is 9.59 Å². The first kappa shape index (κ1) is 15.0. The maximum Gasteiger partial charge on any atom is 0.299 e. The van der Waals surface area contributed by atoms with Gasteiger partial charge in [0.05, 0.1) is 16.3 Å². The number of anilines is 1. The predicted octanol–water partition coefficient (Wildman–Crippen LogP) is 4.23. The summed E-state index contributed by atoms with van der Waals surface area (Å²) in [5.74, 6) is -0.918. The number of hydrogen-bond donors (Lipinski definition) is 0. The van der Waals surface area contributed by atoms with Gasteiger partial charge >= 0.3 is 0 Å². The molecule has 2 rings (SSSR count). The standard InChI is InChI=1S/C16H20ClNO2/c1-2-3-4-5-6-7-11-18-13-10-8-9-12(17)14(13)15(19)16(18)20/h8-10H,2-7,11H2,1H3. The fourth-order valence-electron chi connectivity index (χ4n) is 2.57. The van der Waals surface area contributed by atoms with E-state index in [2.05, 4.69) is 6.92 Å². The van der Waals surface area contributed by atoms with Crippen LogP contribution in [0.25, 0.3) is 0 Å². The maximum atomic E-state index is 12.0. The number of nitrogens with zero attached hydrogens (tertiary/aromatic N) is 1. The van der Waals surface area contributed by atoms with Crippen LogP contribution in [0.2, 0.25) is 5.02 Å². The van der Waals surface area contributed by atoms with Crippen LogP contribution < -0.4 is 4.90 Å². The highest BCUT2D eigenvalue weighted by atomic mass is 35.5. The Balaban J connectivity index is 1.95. The van der Waals surface area contributed by atoms with E-state index >= 15 is 0 Å². The molecule has 0 N–H and O–H groups in total. The summed E-state index contributed by atoms with van der Waals surface area (Å²) in [5.41, 5.74) is 1.03. The molecule has 1 aromatic carbocycles. The van der Waals surface area contributed by atoms with Crippen molar-refractivity contribution in [2.24, 2.45) is 0 Å². The van der Waals surface area contributed by atoms with E-state index in [1.165, 1.54) is 25.7 Å². The van der Waals surface area contributed by atoms with Crippen molar-refractivity contribution in [2.45, 2.75) is 45.4 Å². The van der Waals surface area contributed by atoms with Crippen molar-refractivity contribution in [3.63, 3.8) is 0 Å². The molecule has 0 spiro atoms. The van der Waals surface area contributed by atoms with Gasteiger partial charge in [-0.2, -0.15) is 0 Å². The van der Waals surface area contributed by atoms with Gasteiger partial charge in [-0.15, -0.1) is 0 Å². The Labute approximate surface area is 124 Å². The van der Waals surface area contributed by atoms with Gasteiger partial charge in [0.25, 0.3) is 11.7 Å². The zero-order valence-electron chi connectivity index (χ0n) is 11.8. The molecule has 0 unspecified atom stereocenters. The minimum atomic E-state index is -0.475. The molecule has 108 valence electrons. The summed E-state index contributed by atoms with van der Waals surface area (Å²) in [5, 5.41) is 0.367. The smallest absolute Gasteiger partial charge is 0.299 e. The van der Waals surface area contributed by atoms with Crippen molar-refractivity contribution in [3.8, 4) is 0 Å². The number of fused-ring (bicyclic) bond motifs is 1. The molecule has 0 bridgehead atoms. The third-order valence-corrected chi connectivity index (χ3v) is 4.00. The monoisotopic (exact) mass is 293 g/mol. The maximum absolute atomic E-state index is 12.0.